The predicted octanol–water partition coefficient (Wildman–Crippen LogP) is 3.59. The van der Waals surface area contributed by atoms with Gasteiger partial charge in [0.1, 0.15) is 11.9 Å². The lowest BCUT2D eigenvalue weighted by molar-refractivity contribution is -0.773. The molecule has 7 nitrogen and oxygen atoms in total. The molecule has 2 aromatic rings. The van der Waals surface area contributed by atoms with Gasteiger partial charge in [0, 0.05) is 18.9 Å². The summed E-state index contributed by atoms with van der Waals surface area (Å²) in [6.07, 6.45) is -0.991. The van der Waals surface area contributed by atoms with E-state index in [1.54, 1.807) is 14.2 Å². The highest BCUT2D eigenvalue weighted by molar-refractivity contribution is 5.29. The molecular weight excluding hydrogens is 350 g/mol. The summed E-state index contributed by atoms with van der Waals surface area (Å²) in [5.41, 5.74) is 1.71. The molecule has 144 valence electrons. The van der Waals surface area contributed by atoms with Crippen LogP contribution in [0.15, 0.2) is 54.6 Å². The molecule has 0 unspecified atom stereocenters. The van der Waals surface area contributed by atoms with Gasteiger partial charge in [-0.05, 0) is 23.3 Å². The molecule has 1 aliphatic heterocycles. The summed E-state index contributed by atoms with van der Waals surface area (Å²) < 4.78 is 16.7. The van der Waals surface area contributed by atoms with E-state index in [9.17, 15) is 10.1 Å². The van der Waals surface area contributed by atoms with E-state index >= 15 is 0 Å². The van der Waals surface area contributed by atoms with Gasteiger partial charge in [-0.25, -0.2) is 0 Å². The van der Waals surface area contributed by atoms with Crippen molar-refractivity contribution in [1.82, 2.24) is 0 Å². The summed E-state index contributed by atoms with van der Waals surface area (Å²) >= 11 is 0. The summed E-state index contributed by atoms with van der Waals surface area (Å²) in [5, 5.41) is 10.4. The summed E-state index contributed by atoms with van der Waals surface area (Å²) in [5.74, 6) is 0.449. The lowest BCUT2D eigenvalue weighted by atomic mass is 9.81. The smallest absolute Gasteiger partial charge is 0.295 e. The Morgan fingerprint density at radius 3 is 2.11 bits per heavy atom. The van der Waals surface area contributed by atoms with E-state index in [0.29, 0.717) is 13.2 Å². The van der Waals surface area contributed by atoms with E-state index in [4.69, 9.17) is 19.0 Å². The third-order valence-corrected chi connectivity index (χ3v) is 4.97. The monoisotopic (exact) mass is 373 g/mol. The maximum Gasteiger partial charge on any atom is 0.295 e. The molecule has 1 fully saturated rings. The molecular formula is C20H23NO6. The van der Waals surface area contributed by atoms with E-state index in [1.807, 2.05) is 54.6 Å². The summed E-state index contributed by atoms with van der Waals surface area (Å²) in [6, 6.07) is 16.8. The van der Waals surface area contributed by atoms with E-state index < -0.39 is 11.2 Å². The Labute approximate surface area is 157 Å². The zero-order chi connectivity index (χ0) is 19.2. The molecule has 27 heavy (non-hydrogen) atoms. The quantitative estimate of drug-likeness (QED) is 0.520. The number of hydrogen-bond acceptors (Lipinski definition) is 6. The van der Waals surface area contributed by atoms with Crippen LogP contribution < -0.4 is 4.74 Å². The average molecular weight is 373 g/mol. The van der Waals surface area contributed by atoms with Crippen LogP contribution >= 0.6 is 0 Å². The van der Waals surface area contributed by atoms with Crippen molar-refractivity contribution in [3.63, 3.8) is 0 Å². The van der Waals surface area contributed by atoms with Crippen LogP contribution in [-0.2, 0) is 14.3 Å². The van der Waals surface area contributed by atoms with Gasteiger partial charge >= 0.3 is 0 Å². The maximum absolute atomic E-state index is 11.1. The van der Waals surface area contributed by atoms with Gasteiger partial charge in [0.25, 0.3) is 5.09 Å². The van der Waals surface area contributed by atoms with Crippen molar-refractivity contribution < 1.29 is 24.1 Å². The van der Waals surface area contributed by atoms with E-state index in [1.165, 1.54) is 0 Å². The number of nitrogens with zero attached hydrogens (tertiary/aromatic N) is 1. The fraction of sp³-hybridized carbons (Fsp3) is 0.400. The van der Waals surface area contributed by atoms with Crippen molar-refractivity contribution >= 4 is 0 Å². The second kappa shape index (κ2) is 8.83. The van der Waals surface area contributed by atoms with Gasteiger partial charge in [-0.15, -0.1) is 10.1 Å². The Morgan fingerprint density at radius 2 is 1.56 bits per heavy atom. The SMILES string of the molecule is COc1ccc([C@@H](OC)[C@@H]2COC[C@H]2[C@H](O[N+](=O)[O-])c2ccccc2)cc1. The van der Waals surface area contributed by atoms with Crippen LogP contribution in [-0.4, -0.2) is 32.5 Å². The summed E-state index contributed by atoms with van der Waals surface area (Å²) in [4.78, 5) is 16.2. The first kappa shape index (κ1) is 19.1. The lowest BCUT2D eigenvalue weighted by Gasteiger charge is -2.31. The third-order valence-electron chi connectivity index (χ3n) is 4.97. The average Bonchev–Trinajstić information content (AvgIpc) is 3.17. The van der Waals surface area contributed by atoms with Crippen molar-refractivity contribution in [2.75, 3.05) is 27.4 Å². The molecule has 1 saturated heterocycles. The third kappa shape index (κ3) is 4.37. The van der Waals surface area contributed by atoms with E-state index in [2.05, 4.69) is 0 Å². The highest BCUT2D eigenvalue weighted by Gasteiger charge is 2.42. The van der Waals surface area contributed by atoms with Crippen molar-refractivity contribution in [3.05, 3.63) is 75.8 Å². The van der Waals surface area contributed by atoms with Crippen molar-refractivity contribution in [2.24, 2.45) is 11.8 Å². The fourth-order valence-electron chi connectivity index (χ4n) is 3.68. The predicted molar refractivity (Wildman–Crippen MR) is 97.8 cm³/mol. The number of benzene rings is 2. The topological polar surface area (TPSA) is 80.1 Å². The largest absolute Gasteiger partial charge is 0.497 e. The number of rotatable bonds is 8. The zero-order valence-electron chi connectivity index (χ0n) is 15.3. The van der Waals surface area contributed by atoms with Gasteiger partial charge in [-0.1, -0.05) is 42.5 Å². The second-order valence-corrected chi connectivity index (χ2v) is 6.45. The molecule has 4 atom stereocenters. The Hall–Kier alpha value is -2.64. The molecule has 0 N–H and O–H groups in total. The molecule has 0 radical (unpaired) electrons. The van der Waals surface area contributed by atoms with Crippen molar-refractivity contribution in [2.45, 2.75) is 12.2 Å². The highest BCUT2D eigenvalue weighted by atomic mass is 17.0. The minimum Gasteiger partial charge on any atom is -0.497 e. The van der Waals surface area contributed by atoms with Crippen LogP contribution in [0.25, 0.3) is 0 Å². The number of ether oxygens (including phenoxy) is 3. The minimum absolute atomic E-state index is 0.0893. The van der Waals surface area contributed by atoms with E-state index in [0.717, 1.165) is 16.9 Å². The number of hydrogen-bond donors (Lipinski definition) is 0. The molecule has 0 saturated carbocycles. The Kier molecular flexibility index (Phi) is 6.26. The van der Waals surface area contributed by atoms with Gasteiger partial charge < -0.3 is 19.0 Å². The fourth-order valence-corrected chi connectivity index (χ4v) is 3.68. The van der Waals surface area contributed by atoms with Crippen LogP contribution in [0.3, 0.4) is 0 Å². The van der Waals surface area contributed by atoms with Crippen LogP contribution in [0, 0.1) is 22.0 Å². The molecule has 0 aromatic heterocycles. The first-order valence-corrected chi connectivity index (χ1v) is 8.74. The van der Waals surface area contributed by atoms with Crippen LogP contribution in [0.1, 0.15) is 23.3 Å². The molecule has 0 aliphatic carbocycles. The van der Waals surface area contributed by atoms with Crippen molar-refractivity contribution in [1.29, 1.82) is 0 Å². The molecule has 0 bridgehead atoms. The Morgan fingerprint density at radius 1 is 0.963 bits per heavy atom. The van der Waals surface area contributed by atoms with E-state index in [-0.39, 0.29) is 17.9 Å². The number of methoxy groups -OCH3 is 2. The first-order chi connectivity index (χ1) is 13.1. The molecule has 7 heteroatoms. The van der Waals surface area contributed by atoms with Gasteiger partial charge in [0.2, 0.25) is 0 Å². The summed E-state index contributed by atoms with van der Waals surface area (Å²) in [7, 11) is 3.25. The minimum atomic E-state index is -0.734. The summed E-state index contributed by atoms with van der Waals surface area (Å²) in [6.45, 7) is 0.813. The van der Waals surface area contributed by atoms with Crippen molar-refractivity contribution in [3.8, 4) is 5.75 Å². The maximum atomic E-state index is 11.1. The van der Waals surface area contributed by atoms with Gasteiger partial charge in [-0.3, -0.25) is 0 Å². The van der Waals surface area contributed by atoms with Gasteiger partial charge in [0.05, 0.1) is 26.4 Å². The van der Waals surface area contributed by atoms with Gasteiger partial charge in [0.15, 0.2) is 0 Å². The van der Waals surface area contributed by atoms with Crippen LogP contribution in [0.4, 0.5) is 0 Å². The normalized spacial score (nSPS) is 21.4. The van der Waals surface area contributed by atoms with Crippen LogP contribution in [0.2, 0.25) is 0 Å². The zero-order valence-corrected chi connectivity index (χ0v) is 15.3. The van der Waals surface area contributed by atoms with Gasteiger partial charge in [-0.2, -0.15) is 0 Å². The first-order valence-electron chi connectivity index (χ1n) is 8.74. The molecule has 1 aliphatic rings. The molecule has 3 rings (SSSR count). The molecule has 1 heterocycles. The standard InChI is InChI=1S/C20H23NO6/c1-24-16-10-8-15(9-11-16)19(25-2)17-12-26-13-18(17)20(27-21(22)23)14-6-4-3-5-7-14/h3-11,17-20H,12-13H2,1-2H3/t17-,18-,19-,20-/m1/s1. The second-order valence-electron chi connectivity index (χ2n) is 6.45. The Bertz CT molecular complexity index is 736. The highest BCUT2D eigenvalue weighted by Crippen LogP contribution is 2.43. The lowest BCUT2D eigenvalue weighted by Crippen LogP contribution is -2.29. The Balaban J connectivity index is 1.89. The molecule has 2 aromatic carbocycles. The van der Waals surface area contributed by atoms with Crippen LogP contribution in [0.5, 0.6) is 5.75 Å². The molecule has 0 spiro atoms. The molecule has 0 amide bonds.